The molecule has 1 heterocycles. The highest BCUT2D eigenvalue weighted by atomic mass is 32.2. The second kappa shape index (κ2) is 6.17. The molecule has 0 aliphatic heterocycles. The van der Waals surface area contributed by atoms with Gasteiger partial charge in [0.2, 0.25) is 10.0 Å². The van der Waals surface area contributed by atoms with Crippen LogP contribution in [0.5, 0.6) is 0 Å². The van der Waals surface area contributed by atoms with Crippen LogP contribution in [0.15, 0.2) is 48.0 Å². The molecule has 0 amide bonds. The third-order valence-electron chi connectivity index (χ3n) is 3.09. The van der Waals surface area contributed by atoms with Crippen LogP contribution < -0.4 is 5.14 Å². The minimum Gasteiger partial charge on any atom is -0.303 e. The highest BCUT2D eigenvalue weighted by Crippen LogP contribution is 2.29. The van der Waals surface area contributed by atoms with Gasteiger partial charge < -0.3 is 4.57 Å². The smallest absolute Gasteiger partial charge is 0.303 e. The molecule has 0 saturated heterocycles. The van der Waals surface area contributed by atoms with Gasteiger partial charge in [-0.15, -0.1) is 6.58 Å². The first-order valence-electron chi connectivity index (χ1n) is 6.45. The second-order valence-electron chi connectivity index (χ2n) is 4.78. The van der Waals surface area contributed by atoms with Crippen LogP contribution in [0.2, 0.25) is 0 Å². The van der Waals surface area contributed by atoms with E-state index in [1.54, 1.807) is 0 Å². The lowest BCUT2D eigenvalue weighted by Gasteiger charge is -2.08. The summed E-state index contributed by atoms with van der Waals surface area (Å²) < 4.78 is 63.2. The zero-order valence-electron chi connectivity index (χ0n) is 11.9. The average Bonchev–Trinajstić information content (AvgIpc) is 2.92. The molecule has 2 rings (SSSR count). The predicted octanol–water partition coefficient (Wildman–Crippen LogP) is 2.31. The summed E-state index contributed by atoms with van der Waals surface area (Å²) in [7, 11) is -3.85. The zero-order valence-corrected chi connectivity index (χ0v) is 12.7. The van der Waals surface area contributed by atoms with Crippen molar-refractivity contribution in [1.29, 1.82) is 0 Å². The molecule has 5 nitrogen and oxygen atoms in total. The molecule has 0 radical (unpaired) electrons. The Balaban J connectivity index is 2.51. The summed E-state index contributed by atoms with van der Waals surface area (Å²) in [4.78, 5) is 3.64. The average molecular weight is 345 g/mol. The van der Waals surface area contributed by atoms with Crippen molar-refractivity contribution in [1.82, 2.24) is 9.55 Å². The molecule has 1 aromatic heterocycles. The molecule has 0 spiro atoms. The Morgan fingerprint density at radius 3 is 2.39 bits per heavy atom. The van der Waals surface area contributed by atoms with Crippen molar-refractivity contribution in [3.8, 4) is 5.69 Å². The van der Waals surface area contributed by atoms with Gasteiger partial charge in [0.15, 0.2) is 6.67 Å². The van der Waals surface area contributed by atoms with Crippen molar-refractivity contribution in [3.63, 3.8) is 0 Å². The minimum absolute atomic E-state index is 0.110. The van der Waals surface area contributed by atoms with Gasteiger partial charge in [-0.25, -0.2) is 22.9 Å². The number of allylic oxidation sites excluding steroid dienone is 1. The van der Waals surface area contributed by atoms with Gasteiger partial charge in [0, 0.05) is 18.3 Å². The van der Waals surface area contributed by atoms with E-state index >= 15 is 0 Å². The predicted molar refractivity (Wildman–Crippen MR) is 78.7 cm³/mol. The Kier molecular flexibility index (Phi) is 4.62. The molecule has 1 aromatic carbocycles. The monoisotopic (exact) mass is 345 g/mol. The molecular formula is C14H14F3N3O2S. The van der Waals surface area contributed by atoms with Crippen molar-refractivity contribution in [3.05, 3.63) is 54.6 Å². The second-order valence-corrected chi connectivity index (χ2v) is 6.34. The third-order valence-corrected chi connectivity index (χ3v) is 4.02. The lowest BCUT2D eigenvalue weighted by Crippen LogP contribution is -2.16. The first-order chi connectivity index (χ1) is 10.7. The van der Waals surface area contributed by atoms with E-state index in [4.69, 9.17) is 5.14 Å². The Morgan fingerprint density at radius 2 is 1.91 bits per heavy atom. The molecule has 0 aliphatic carbocycles. The highest BCUT2D eigenvalue weighted by Gasteiger charge is 2.35. The number of nitrogens with zero attached hydrogens (tertiary/aromatic N) is 2. The Bertz CT molecular complexity index is 814. The van der Waals surface area contributed by atoms with E-state index in [1.165, 1.54) is 34.9 Å². The fraction of sp³-hybridized carbons (Fsp3) is 0.214. The lowest BCUT2D eigenvalue weighted by atomic mass is 10.3. The van der Waals surface area contributed by atoms with Gasteiger partial charge in [-0.1, -0.05) is 6.08 Å². The van der Waals surface area contributed by atoms with Crippen molar-refractivity contribution in [2.45, 2.75) is 17.2 Å². The normalized spacial score (nSPS) is 12.3. The van der Waals surface area contributed by atoms with Gasteiger partial charge >= 0.3 is 5.92 Å². The summed E-state index contributed by atoms with van der Waals surface area (Å²) in [6.07, 6.45) is 2.67. The molecule has 124 valence electrons. The third kappa shape index (κ3) is 3.62. The molecule has 0 aliphatic rings. The molecule has 0 unspecified atom stereocenters. The van der Waals surface area contributed by atoms with Gasteiger partial charge in [-0.3, -0.25) is 0 Å². The summed E-state index contributed by atoms with van der Waals surface area (Å²) in [5.41, 5.74) is -0.310. The first kappa shape index (κ1) is 17.2. The molecule has 0 bridgehead atoms. The van der Waals surface area contributed by atoms with E-state index < -0.39 is 28.3 Å². The van der Waals surface area contributed by atoms with E-state index in [1.807, 2.05) is 0 Å². The van der Waals surface area contributed by atoms with E-state index in [0.29, 0.717) is 5.69 Å². The van der Waals surface area contributed by atoms with Gasteiger partial charge in [0.1, 0.15) is 11.5 Å². The summed E-state index contributed by atoms with van der Waals surface area (Å²) in [5.74, 6) is -3.46. The Hall–Kier alpha value is -2.13. The maximum absolute atomic E-state index is 13.5. The topological polar surface area (TPSA) is 78.0 Å². The Labute approximate surface area is 131 Å². The fourth-order valence-corrected chi connectivity index (χ4v) is 2.47. The molecule has 2 aromatic rings. The summed E-state index contributed by atoms with van der Waals surface area (Å²) in [6.45, 7) is 1.66. The number of hydrogen-bond donors (Lipinski definition) is 1. The molecule has 2 N–H and O–H groups in total. The van der Waals surface area contributed by atoms with Gasteiger partial charge in [-0.05, 0) is 24.3 Å². The lowest BCUT2D eigenvalue weighted by molar-refractivity contribution is -0.0319. The minimum atomic E-state index is -3.85. The van der Waals surface area contributed by atoms with E-state index in [-0.39, 0.29) is 17.1 Å². The maximum atomic E-state index is 13.5. The number of alkyl halides is 3. The van der Waals surface area contributed by atoms with E-state index in [9.17, 15) is 21.6 Å². The van der Waals surface area contributed by atoms with Crippen molar-refractivity contribution in [2.75, 3.05) is 6.67 Å². The zero-order chi connectivity index (χ0) is 17.3. The number of imidazole rings is 1. The van der Waals surface area contributed by atoms with Crippen LogP contribution in [0.25, 0.3) is 5.69 Å². The largest absolute Gasteiger partial charge is 0.318 e. The molecule has 0 saturated carbocycles. The highest BCUT2D eigenvalue weighted by molar-refractivity contribution is 7.89. The summed E-state index contributed by atoms with van der Waals surface area (Å²) >= 11 is 0. The SMILES string of the molecule is C=CCc1nc(C(F)(F)CF)cn1-c1ccc(S(N)(=O)=O)cc1. The van der Waals surface area contributed by atoms with Crippen LogP contribution in [0.4, 0.5) is 13.2 Å². The van der Waals surface area contributed by atoms with Crippen molar-refractivity contribution < 1.29 is 21.6 Å². The number of primary sulfonamides is 1. The number of rotatable bonds is 6. The standard InChI is InChI=1S/C14H14F3N3O2S/c1-2-3-13-19-12(14(16,17)9-15)8-20(13)10-4-6-11(7-5-10)23(18,21)22/h2,4-8H,1,3,9H2,(H2,18,21,22). The van der Waals surface area contributed by atoms with E-state index in [2.05, 4.69) is 11.6 Å². The molecular weight excluding hydrogens is 331 g/mol. The van der Waals surface area contributed by atoms with Crippen LogP contribution in [-0.2, 0) is 22.4 Å². The summed E-state index contributed by atoms with van der Waals surface area (Å²) in [5, 5.41) is 5.00. The number of halogens is 3. The number of hydrogen-bond acceptors (Lipinski definition) is 3. The van der Waals surface area contributed by atoms with Gasteiger partial charge in [-0.2, -0.15) is 8.78 Å². The van der Waals surface area contributed by atoms with Gasteiger partial charge in [0.25, 0.3) is 0 Å². The van der Waals surface area contributed by atoms with Crippen LogP contribution in [0, 0.1) is 0 Å². The fourth-order valence-electron chi connectivity index (χ4n) is 1.96. The van der Waals surface area contributed by atoms with Crippen LogP contribution >= 0.6 is 0 Å². The number of sulfonamides is 1. The maximum Gasteiger partial charge on any atom is 0.318 e. The number of aromatic nitrogens is 2. The van der Waals surface area contributed by atoms with Crippen LogP contribution in [-0.4, -0.2) is 24.6 Å². The Morgan fingerprint density at radius 1 is 1.30 bits per heavy atom. The molecule has 9 heteroatoms. The summed E-state index contributed by atoms with van der Waals surface area (Å²) in [6, 6.07) is 5.28. The number of nitrogens with two attached hydrogens (primary N) is 1. The first-order valence-corrected chi connectivity index (χ1v) is 8.00. The quantitative estimate of drug-likeness (QED) is 0.816. The molecule has 23 heavy (non-hydrogen) atoms. The van der Waals surface area contributed by atoms with Gasteiger partial charge in [0.05, 0.1) is 4.90 Å². The molecule has 0 fully saturated rings. The van der Waals surface area contributed by atoms with Crippen LogP contribution in [0.3, 0.4) is 0 Å². The van der Waals surface area contributed by atoms with Crippen molar-refractivity contribution >= 4 is 10.0 Å². The van der Waals surface area contributed by atoms with Crippen LogP contribution in [0.1, 0.15) is 11.5 Å². The number of benzene rings is 1. The molecule has 0 atom stereocenters. The van der Waals surface area contributed by atoms with E-state index in [0.717, 1.165) is 6.20 Å². The van der Waals surface area contributed by atoms with Crippen molar-refractivity contribution in [2.24, 2.45) is 5.14 Å².